The van der Waals surface area contributed by atoms with Crippen molar-refractivity contribution in [2.75, 3.05) is 5.32 Å². The highest BCUT2D eigenvalue weighted by Crippen LogP contribution is 2.38. The van der Waals surface area contributed by atoms with Gasteiger partial charge in [0.05, 0.1) is 11.4 Å². The lowest BCUT2D eigenvalue weighted by atomic mass is 9.94. The van der Waals surface area contributed by atoms with Crippen molar-refractivity contribution in [1.82, 2.24) is 0 Å². The number of aliphatic imine (C=N–C) groups is 1. The second kappa shape index (κ2) is 7.08. The molecule has 1 unspecified atom stereocenters. The van der Waals surface area contributed by atoms with Crippen LogP contribution in [-0.2, 0) is 0 Å². The smallest absolute Gasteiger partial charge is 0.145 e. The standard InChI is InChI=1S/C24H16BrClN2/c25-18-12-17(13-19(26)14-18)24-27-22(16-7-2-1-3-8-16)21-11-10-15-6-4-5-9-20(15)23(21)28-24/h1-14,24,28H. The molecule has 1 aliphatic heterocycles. The van der Waals surface area contributed by atoms with E-state index < -0.39 is 0 Å². The van der Waals surface area contributed by atoms with Gasteiger partial charge in [0.25, 0.3) is 0 Å². The molecule has 136 valence electrons. The van der Waals surface area contributed by atoms with Gasteiger partial charge in [0.1, 0.15) is 6.17 Å². The molecule has 1 N–H and O–H groups in total. The highest BCUT2D eigenvalue weighted by molar-refractivity contribution is 9.10. The molecular formula is C24H16BrClN2. The van der Waals surface area contributed by atoms with Crippen LogP contribution in [0.1, 0.15) is 22.9 Å². The fraction of sp³-hybridized carbons (Fsp3) is 0.0417. The van der Waals surface area contributed by atoms with Crippen LogP contribution in [0.5, 0.6) is 0 Å². The molecule has 1 heterocycles. The number of benzene rings is 4. The van der Waals surface area contributed by atoms with E-state index in [-0.39, 0.29) is 6.17 Å². The second-order valence-corrected chi connectivity index (χ2v) is 8.15. The fourth-order valence-corrected chi connectivity index (χ4v) is 4.60. The monoisotopic (exact) mass is 446 g/mol. The normalized spacial score (nSPS) is 15.6. The van der Waals surface area contributed by atoms with Crippen molar-refractivity contribution in [2.45, 2.75) is 6.17 Å². The van der Waals surface area contributed by atoms with Crippen molar-refractivity contribution >= 4 is 49.7 Å². The summed E-state index contributed by atoms with van der Waals surface area (Å²) in [6.07, 6.45) is -0.219. The first-order valence-electron chi connectivity index (χ1n) is 9.07. The number of fused-ring (bicyclic) bond motifs is 3. The SMILES string of the molecule is Clc1cc(Br)cc(C2N=C(c3ccccc3)c3ccc4ccccc4c3N2)c1. The molecule has 1 aliphatic rings. The van der Waals surface area contributed by atoms with Crippen LogP contribution < -0.4 is 5.32 Å². The highest BCUT2D eigenvalue weighted by Gasteiger charge is 2.24. The van der Waals surface area contributed by atoms with Gasteiger partial charge < -0.3 is 5.32 Å². The molecule has 0 spiro atoms. The van der Waals surface area contributed by atoms with Crippen molar-refractivity contribution in [1.29, 1.82) is 0 Å². The molecule has 0 aromatic heterocycles. The first-order valence-corrected chi connectivity index (χ1v) is 10.2. The van der Waals surface area contributed by atoms with Crippen molar-refractivity contribution in [3.63, 3.8) is 0 Å². The van der Waals surface area contributed by atoms with Crippen LogP contribution in [0.15, 0.2) is 94.4 Å². The summed E-state index contributed by atoms with van der Waals surface area (Å²) in [4.78, 5) is 5.08. The number of hydrogen-bond donors (Lipinski definition) is 1. The van der Waals surface area contributed by atoms with Crippen LogP contribution >= 0.6 is 27.5 Å². The second-order valence-electron chi connectivity index (χ2n) is 6.80. The van der Waals surface area contributed by atoms with E-state index in [0.29, 0.717) is 5.02 Å². The summed E-state index contributed by atoms with van der Waals surface area (Å²) in [5, 5.41) is 6.72. The van der Waals surface area contributed by atoms with E-state index in [1.165, 1.54) is 10.8 Å². The van der Waals surface area contributed by atoms with Gasteiger partial charge >= 0.3 is 0 Å². The number of halogens is 2. The van der Waals surface area contributed by atoms with Gasteiger partial charge in [-0.25, -0.2) is 0 Å². The summed E-state index contributed by atoms with van der Waals surface area (Å²) in [6, 6.07) is 29.0. The molecule has 0 radical (unpaired) electrons. The Balaban J connectivity index is 1.75. The maximum Gasteiger partial charge on any atom is 0.145 e. The largest absolute Gasteiger partial charge is 0.359 e. The van der Waals surface area contributed by atoms with E-state index in [1.54, 1.807) is 0 Å². The van der Waals surface area contributed by atoms with E-state index in [4.69, 9.17) is 16.6 Å². The molecule has 2 nitrogen and oxygen atoms in total. The van der Waals surface area contributed by atoms with Gasteiger partial charge in [-0.2, -0.15) is 0 Å². The number of rotatable bonds is 2. The van der Waals surface area contributed by atoms with Crippen molar-refractivity contribution < 1.29 is 0 Å². The summed E-state index contributed by atoms with van der Waals surface area (Å²) in [7, 11) is 0. The minimum absolute atomic E-state index is 0.219. The first kappa shape index (κ1) is 17.5. The molecule has 1 atom stereocenters. The van der Waals surface area contributed by atoms with E-state index in [2.05, 4.69) is 75.8 Å². The lowest BCUT2D eigenvalue weighted by molar-refractivity contribution is 0.829. The molecule has 0 bridgehead atoms. The maximum absolute atomic E-state index is 6.31. The molecule has 0 aliphatic carbocycles. The van der Waals surface area contributed by atoms with Gasteiger partial charge in [-0.1, -0.05) is 94.3 Å². The number of anilines is 1. The summed E-state index contributed by atoms with van der Waals surface area (Å²) in [5.74, 6) is 0. The molecule has 0 fully saturated rings. The van der Waals surface area contributed by atoms with Crippen LogP contribution in [-0.4, -0.2) is 5.71 Å². The Morgan fingerprint density at radius 2 is 1.64 bits per heavy atom. The van der Waals surface area contributed by atoms with Gasteiger partial charge in [-0.3, -0.25) is 4.99 Å². The molecule has 4 aromatic carbocycles. The van der Waals surface area contributed by atoms with Crippen LogP contribution in [0.2, 0.25) is 5.02 Å². The minimum atomic E-state index is -0.219. The number of nitrogens with zero attached hydrogens (tertiary/aromatic N) is 1. The predicted molar refractivity (Wildman–Crippen MR) is 122 cm³/mol. The zero-order valence-corrected chi connectivity index (χ0v) is 17.2. The zero-order chi connectivity index (χ0) is 19.1. The Bertz CT molecular complexity index is 1200. The quantitative estimate of drug-likeness (QED) is 0.345. The van der Waals surface area contributed by atoms with Crippen molar-refractivity contribution in [2.24, 2.45) is 4.99 Å². The van der Waals surface area contributed by atoms with Crippen molar-refractivity contribution in [3.8, 4) is 0 Å². The Morgan fingerprint density at radius 3 is 2.46 bits per heavy atom. The summed E-state index contributed by atoms with van der Waals surface area (Å²) in [6.45, 7) is 0. The summed E-state index contributed by atoms with van der Waals surface area (Å²) in [5.41, 5.74) is 5.33. The topological polar surface area (TPSA) is 24.4 Å². The average Bonchev–Trinajstić information content (AvgIpc) is 2.73. The highest BCUT2D eigenvalue weighted by atomic mass is 79.9. The van der Waals surface area contributed by atoms with E-state index in [1.807, 2.05) is 30.3 Å². The predicted octanol–water partition coefficient (Wildman–Crippen LogP) is 7.22. The zero-order valence-electron chi connectivity index (χ0n) is 14.9. The molecule has 28 heavy (non-hydrogen) atoms. The molecule has 0 saturated carbocycles. The molecule has 5 rings (SSSR count). The lowest BCUT2D eigenvalue weighted by Crippen LogP contribution is -2.21. The molecular weight excluding hydrogens is 432 g/mol. The number of nitrogens with one attached hydrogen (secondary N) is 1. The fourth-order valence-electron chi connectivity index (χ4n) is 3.71. The molecule has 0 saturated heterocycles. The summed E-state index contributed by atoms with van der Waals surface area (Å²) < 4.78 is 0.942. The van der Waals surface area contributed by atoms with Gasteiger partial charge in [0.15, 0.2) is 0 Å². The van der Waals surface area contributed by atoms with Crippen LogP contribution in [0.25, 0.3) is 10.8 Å². The third kappa shape index (κ3) is 3.11. The van der Waals surface area contributed by atoms with Gasteiger partial charge in [0, 0.05) is 26.0 Å². The minimum Gasteiger partial charge on any atom is -0.359 e. The Kier molecular flexibility index (Phi) is 4.42. The van der Waals surface area contributed by atoms with Crippen LogP contribution in [0, 0.1) is 0 Å². The average molecular weight is 448 g/mol. The van der Waals surface area contributed by atoms with E-state index in [0.717, 1.165) is 32.6 Å². The summed E-state index contributed by atoms with van der Waals surface area (Å²) >= 11 is 9.86. The van der Waals surface area contributed by atoms with Gasteiger partial charge in [0.2, 0.25) is 0 Å². The van der Waals surface area contributed by atoms with Crippen LogP contribution in [0.3, 0.4) is 0 Å². The first-order chi connectivity index (χ1) is 13.7. The third-order valence-corrected chi connectivity index (χ3v) is 5.65. The lowest BCUT2D eigenvalue weighted by Gasteiger charge is -2.28. The molecule has 4 aromatic rings. The molecule has 4 heteroatoms. The number of hydrogen-bond acceptors (Lipinski definition) is 2. The Labute approximate surface area is 177 Å². The third-order valence-electron chi connectivity index (χ3n) is 4.97. The van der Waals surface area contributed by atoms with Crippen molar-refractivity contribution in [3.05, 3.63) is 111 Å². The maximum atomic E-state index is 6.31. The Morgan fingerprint density at radius 1 is 0.857 bits per heavy atom. The van der Waals surface area contributed by atoms with E-state index in [9.17, 15) is 0 Å². The van der Waals surface area contributed by atoms with Crippen LogP contribution in [0.4, 0.5) is 5.69 Å². The Hall–Kier alpha value is -2.62. The van der Waals surface area contributed by atoms with Gasteiger partial charge in [-0.15, -0.1) is 0 Å². The van der Waals surface area contributed by atoms with Gasteiger partial charge in [-0.05, 0) is 29.1 Å². The molecule has 0 amide bonds. The van der Waals surface area contributed by atoms with E-state index >= 15 is 0 Å².